The fourth-order valence-corrected chi connectivity index (χ4v) is 3.20. The Balaban J connectivity index is 2.51. The summed E-state index contributed by atoms with van der Waals surface area (Å²) in [6.45, 7) is 0. The molecular weight excluding hydrogens is 252 g/mol. The minimum absolute atomic E-state index is 0.0374. The number of carboxylic acids is 1. The van der Waals surface area contributed by atoms with Crippen molar-refractivity contribution < 1.29 is 18.3 Å². The van der Waals surface area contributed by atoms with Crippen molar-refractivity contribution in [2.24, 2.45) is 5.92 Å². The van der Waals surface area contributed by atoms with E-state index in [1.807, 2.05) is 0 Å². The molecule has 0 spiro atoms. The van der Waals surface area contributed by atoms with Gasteiger partial charge in [-0.2, -0.15) is 0 Å². The van der Waals surface area contributed by atoms with Gasteiger partial charge in [-0.3, -0.25) is 4.79 Å². The summed E-state index contributed by atoms with van der Waals surface area (Å²) >= 11 is 0. The molecule has 1 aliphatic carbocycles. The van der Waals surface area contributed by atoms with Crippen molar-refractivity contribution >= 4 is 25.7 Å². The number of benzene rings is 1. The summed E-state index contributed by atoms with van der Waals surface area (Å²) < 4.78 is 22.6. The highest BCUT2D eigenvalue weighted by Gasteiger charge is 2.31. The van der Waals surface area contributed by atoms with Gasteiger partial charge in [-0.15, -0.1) is 0 Å². The lowest BCUT2D eigenvalue weighted by molar-refractivity contribution is -0.141. The van der Waals surface area contributed by atoms with E-state index in [9.17, 15) is 13.2 Å². The lowest BCUT2D eigenvalue weighted by atomic mass is 10.1. The standard InChI is InChI=1S/C10H9ClO4S/c11-16(14,15)9-3-1-2-6-4-7(10(12)13)5-8(6)9/h1-3,7H,4-5H2,(H,12,13)/t7-/m1/s1. The quantitative estimate of drug-likeness (QED) is 0.816. The van der Waals surface area contributed by atoms with Crippen molar-refractivity contribution in [2.45, 2.75) is 17.7 Å². The van der Waals surface area contributed by atoms with Crippen LogP contribution in [0.2, 0.25) is 0 Å². The van der Waals surface area contributed by atoms with Gasteiger partial charge in [0.05, 0.1) is 10.8 Å². The molecule has 1 N–H and O–H groups in total. The SMILES string of the molecule is O=C(O)[C@@H]1Cc2cccc(S(=O)(=O)Cl)c2C1. The molecule has 86 valence electrons. The molecule has 0 saturated carbocycles. The van der Waals surface area contributed by atoms with Crippen molar-refractivity contribution in [1.29, 1.82) is 0 Å². The van der Waals surface area contributed by atoms with Crippen molar-refractivity contribution in [3.8, 4) is 0 Å². The summed E-state index contributed by atoms with van der Waals surface area (Å²) in [5, 5.41) is 8.90. The first-order valence-corrected chi connectivity index (χ1v) is 6.99. The largest absolute Gasteiger partial charge is 0.481 e. The van der Waals surface area contributed by atoms with E-state index >= 15 is 0 Å². The number of carbonyl (C=O) groups is 1. The molecule has 16 heavy (non-hydrogen) atoms. The monoisotopic (exact) mass is 260 g/mol. The molecule has 0 unspecified atom stereocenters. The average Bonchev–Trinajstić information content (AvgIpc) is 2.58. The first-order valence-electron chi connectivity index (χ1n) is 4.68. The maximum absolute atomic E-state index is 11.3. The fourth-order valence-electron chi connectivity index (χ4n) is 2.02. The zero-order chi connectivity index (χ0) is 11.9. The zero-order valence-corrected chi connectivity index (χ0v) is 9.75. The minimum Gasteiger partial charge on any atom is -0.481 e. The van der Waals surface area contributed by atoms with E-state index in [0.29, 0.717) is 12.0 Å². The molecule has 0 amide bonds. The number of rotatable bonds is 2. The van der Waals surface area contributed by atoms with Crippen LogP contribution in [0, 0.1) is 5.92 Å². The van der Waals surface area contributed by atoms with Gasteiger partial charge in [-0.25, -0.2) is 8.42 Å². The average molecular weight is 261 g/mol. The molecule has 0 fully saturated rings. The molecule has 1 aromatic carbocycles. The fraction of sp³-hybridized carbons (Fsp3) is 0.300. The maximum Gasteiger partial charge on any atom is 0.307 e. The number of hydrogen-bond donors (Lipinski definition) is 1. The molecule has 1 aromatic rings. The van der Waals surface area contributed by atoms with Crippen LogP contribution in [0.1, 0.15) is 11.1 Å². The van der Waals surface area contributed by atoms with Gasteiger partial charge in [0.15, 0.2) is 0 Å². The van der Waals surface area contributed by atoms with E-state index in [-0.39, 0.29) is 11.3 Å². The van der Waals surface area contributed by atoms with E-state index in [2.05, 4.69) is 0 Å². The molecule has 0 saturated heterocycles. The van der Waals surface area contributed by atoms with Crippen LogP contribution in [0.4, 0.5) is 0 Å². The second kappa shape index (κ2) is 3.75. The molecule has 2 rings (SSSR count). The van der Waals surface area contributed by atoms with Crippen molar-refractivity contribution in [3.05, 3.63) is 29.3 Å². The van der Waals surface area contributed by atoms with Crippen LogP contribution in [0.3, 0.4) is 0 Å². The molecule has 6 heteroatoms. The Morgan fingerprint density at radius 1 is 1.38 bits per heavy atom. The van der Waals surface area contributed by atoms with E-state index in [0.717, 1.165) is 5.56 Å². The molecule has 0 aliphatic heterocycles. The first kappa shape index (κ1) is 11.4. The molecule has 1 aliphatic rings. The van der Waals surface area contributed by atoms with Gasteiger partial charge in [0.2, 0.25) is 0 Å². The summed E-state index contributed by atoms with van der Waals surface area (Å²) in [6.07, 6.45) is 0.595. The minimum atomic E-state index is -3.80. The van der Waals surface area contributed by atoms with Gasteiger partial charge < -0.3 is 5.11 Å². The number of carboxylic acid groups (broad SMARTS) is 1. The van der Waals surface area contributed by atoms with Crippen LogP contribution in [0.15, 0.2) is 23.1 Å². The number of hydrogen-bond acceptors (Lipinski definition) is 3. The molecular formula is C10H9ClO4S. The van der Waals surface area contributed by atoms with Crippen LogP contribution in [-0.2, 0) is 26.7 Å². The lowest BCUT2D eigenvalue weighted by Gasteiger charge is -2.03. The Kier molecular flexibility index (Phi) is 2.67. The van der Waals surface area contributed by atoms with Gasteiger partial charge in [0.25, 0.3) is 9.05 Å². The Morgan fingerprint density at radius 2 is 2.06 bits per heavy atom. The summed E-state index contributed by atoms with van der Waals surface area (Å²) in [4.78, 5) is 10.9. The smallest absolute Gasteiger partial charge is 0.307 e. The Bertz CT molecular complexity index is 550. The third-order valence-corrected chi connectivity index (χ3v) is 4.17. The van der Waals surface area contributed by atoms with E-state index in [1.54, 1.807) is 12.1 Å². The van der Waals surface area contributed by atoms with Crippen molar-refractivity contribution in [1.82, 2.24) is 0 Å². The van der Waals surface area contributed by atoms with Crippen LogP contribution in [0.5, 0.6) is 0 Å². The van der Waals surface area contributed by atoms with Gasteiger partial charge in [-0.05, 0) is 30.0 Å². The van der Waals surface area contributed by atoms with Crippen LogP contribution >= 0.6 is 10.7 Å². The summed E-state index contributed by atoms with van der Waals surface area (Å²) in [6, 6.07) is 4.73. The Labute approximate surface area is 97.3 Å². The second-order valence-corrected chi connectivity index (χ2v) is 6.31. The first-order chi connectivity index (χ1) is 7.39. The number of halogens is 1. The second-order valence-electron chi connectivity index (χ2n) is 3.78. The topological polar surface area (TPSA) is 71.4 Å². The van der Waals surface area contributed by atoms with E-state index < -0.39 is 20.9 Å². The number of aliphatic carboxylic acids is 1. The summed E-state index contributed by atoms with van der Waals surface area (Å²) in [5.74, 6) is -1.45. The van der Waals surface area contributed by atoms with E-state index in [4.69, 9.17) is 15.8 Å². The number of fused-ring (bicyclic) bond motifs is 1. The Hall–Kier alpha value is -1.07. The van der Waals surface area contributed by atoms with Crippen LogP contribution in [-0.4, -0.2) is 19.5 Å². The lowest BCUT2D eigenvalue weighted by Crippen LogP contribution is -2.13. The highest BCUT2D eigenvalue weighted by molar-refractivity contribution is 8.13. The van der Waals surface area contributed by atoms with Crippen LogP contribution in [0.25, 0.3) is 0 Å². The zero-order valence-electron chi connectivity index (χ0n) is 8.18. The third kappa shape index (κ3) is 1.92. The van der Waals surface area contributed by atoms with Crippen molar-refractivity contribution in [2.75, 3.05) is 0 Å². The predicted molar refractivity (Wildman–Crippen MR) is 58.0 cm³/mol. The van der Waals surface area contributed by atoms with Gasteiger partial charge in [0, 0.05) is 10.7 Å². The predicted octanol–water partition coefficient (Wildman–Crippen LogP) is 1.41. The normalized spacial score (nSPS) is 19.4. The molecule has 0 heterocycles. The molecule has 0 radical (unpaired) electrons. The van der Waals surface area contributed by atoms with Gasteiger partial charge >= 0.3 is 5.97 Å². The molecule has 0 aromatic heterocycles. The maximum atomic E-state index is 11.3. The molecule has 1 atom stereocenters. The van der Waals surface area contributed by atoms with Crippen LogP contribution < -0.4 is 0 Å². The summed E-state index contributed by atoms with van der Waals surface area (Å²) in [7, 11) is 1.50. The third-order valence-electron chi connectivity index (χ3n) is 2.76. The van der Waals surface area contributed by atoms with E-state index in [1.165, 1.54) is 6.07 Å². The van der Waals surface area contributed by atoms with Gasteiger partial charge in [0.1, 0.15) is 0 Å². The molecule has 4 nitrogen and oxygen atoms in total. The van der Waals surface area contributed by atoms with Crippen molar-refractivity contribution in [3.63, 3.8) is 0 Å². The highest BCUT2D eigenvalue weighted by atomic mass is 35.7. The highest BCUT2D eigenvalue weighted by Crippen LogP contribution is 2.33. The Morgan fingerprint density at radius 3 is 2.62 bits per heavy atom. The summed E-state index contributed by atoms with van der Waals surface area (Å²) in [5.41, 5.74) is 1.30. The van der Waals surface area contributed by atoms with Gasteiger partial charge in [-0.1, -0.05) is 12.1 Å². The molecule has 0 bridgehead atoms.